The standard InChI is InChI=1S/C27H29NO4S/c1-16-24(27(30)32-19-8-3-4-9-19)25(17-7-5-10-20(13-17)31-2)26-21(28-16)14-18(15-22(26)29)23-11-6-12-33-23/h5-7,10-13,18-19,25,28H,3-4,8-9,14-15H2,1-2H3/t18-,25-/m1/s1. The van der Waals surface area contributed by atoms with Crippen molar-refractivity contribution < 1.29 is 19.1 Å². The van der Waals surface area contributed by atoms with Crippen LogP contribution in [0, 0.1) is 0 Å². The second-order valence-electron chi connectivity index (χ2n) is 9.12. The van der Waals surface area contributed by atoms with Crippen LogP contribution in [0.4, 0.5) is 0 Å². The molecule has 0 spiro atoms. The molecular formula is C27H29NO4S. The van der Waals surface area contributed by atoms with Crippen molar-refractivity contribution in [1.29, 1.82) is 0 Å². The summed E-state index contributed by atoms with van der Waals surface area (Å²) in [7, 11) is 1.62. The smallest absolute Gasteiger partial charge is 0.337 e. The zero-order valence-corrected chi connectivity index (χ0v) is 19.9. The lowest BCUT2D eigenvalue weighted by atomic mass is 9.72. The molecule has 172 valence electrons. The summed E-state index contributed by atoms with van der Waals surface area (Å²) in [4.78, 5) is 28.3. The summed E-state index contributed by atoms with van der Waals surface area (Å²) in [5, 5.41) is 5.49. The van der Waals surface area contributed by atoms with E-state index in [0.29, 0.717) is 23.3 Å². The van der Waals surface area contributed by atoms with Gasteiger partial charge in [0.05, 0.1) is 12.7 Å². The van der Waals surface area contributed by atoms with E-state index in [1.54, 1.807) is 18.4 Å². The molecule has 0 radical (unpaired) electrons. The molecule has 0 saturated heterocycles. The average Bonchev–Trinajstić information content (AvgIpc) is 3.52. The molecule has 1 aromatic carbocycles. The van der Waals surface area contributed by atoms with Crippen LogP contribution in [0.5, 0.6) is 5.75 Å². The number of methoxy groups -OCH3 is 1. The molecule has 1 aliphatic heterocycles. The summed E-state index contributed by atoms with van der Waals surface area (Å²) in [5.41, 5.74) is 3.80. The minimum absolute atomic E-state index is 0.0376. The summed E-state index contributed by atoms with van der Waals surface area (Å²) >= 11 is 1.69. The van der Waals surface area contributed by atoms with Gasteiger partial charge in [-0.2, -0.15) is 0 Å². The average molecular weight is 464 g/mol. The van der Waals surface area contributed by atoms with Gasteiger partial charge in [-0.05, 0) is 68.2 Å². The number of hydrogen-bond donors (Lipinski definition) is 1. The van der Waals surface area contributed by atoms with Crippen molar-refractivity contribution in [3.05, 3.63) is 74.8 Å². The molecule has 3 aliphatic rings. The number of thiophene rings is 1. The van der Waals surface area contributed by atoms with Crippen LogP contribution in [0.2, 0.25) is 0 Å². The highest BCUT2D eigenvalue weighted by Crippen LogP contribution is 2.47. The molecule has 2 aromatic rings. The third kappa shape index (κ3) is 4.24. The van der Waals surface area contributed by atoms with Gasteiger partial charge < -0.3 is 14.8 Å². The Balaban J connectivity index is 1.56. The third-order valence-electron chi connectivity index (χ3n) is 7.00. The molecule has 0 amide bonds. The lowest BCUT2D eigenvalue weighted by Crippen LogP contribution is -2.36. The van der Waals surface area contributed by atoms with E-state index in [2.05, 4.69) is 16.8 Å². The van der Waals surface area contributed by atoms with Crippen LogP contribution >= 0.6 is 11.3 Å². The van der Waals surface area contributed by atoms with Crippen LogP contribution in [-0.2, 0) is 14.3 Å². The van der Waals surface area contributed by atoms with Crippen LogP contribution in [0.15, 0.2) is 64.3 Å². The fourth-order valence-corrected chi connectivity index (χ4v) is 6.24. The highest BCUT2D eigenvalue weighted by molar-refractivity contribution is 7.10. The molecule has 6 heteroatoms. The molecule has 2 aliphatic carbocycles. The van der Waals surface area contributed by atoms with Gasteiger partial charge in [-0.3, -0.25) is 4.79 Å². The molecule has 5 nitrogen and oxygen atoms in total. The molecule has 0 unspecified atom stereocenters. The van der Waals surface area contributed by atoms with E-state index in [9.17, 15) is 9.59 Å². The lowest BCUT2D eigenvalue weighted by Gasteiger charge is -2.36. The predicted octanol–water partition coefficient (Wildman–Crippen LogP) is 5.60. The summed E-state index contributed by atoms with van der Waals surface area (Å²) in [5.74, 6) is 0.179. The van der Waals surface area contributed by atoms with Crippen LogP contribution in [0.1, 0.15) is 67.7 Å². The number of esters is 1. The van der Waals surface area contributed by atoms with Crippen molar-refractivity contribution in [2.75, 3.05) is 7.11 Å². The fourth-order valence-electron chi connectivity index (χ4n) is 5.41. The van der Waals surface area contributed by atoms with Gasteiger partial charge in [0.25, 0.3) is 0 Å². The number of carbonyl (C=O) groups is 2. The van der Waals surface area contributed by atoms with Gasteiger partial charge >= 0.3 is 5.97 Å². The van der Waals surface area contributed by atoms with Gasteiger partial charge in [0.1, 0.15) is 11.9 Å². The van der Waals surface area contributed by atoms with E-state index in [4.69, 9.17) is 9.47 Å². The van der Waals surface area contributed by atoms with E-state index < -0.39 is 5.92 Å². The number of Topliss-reactive ketones (excluding diaryl/α,β-unsaturated/α-hetero) is 1. The predicted molar refractivity (Wildman–Crippen MR) is 128 cm³/mol. The van der Waals surface area contributed by atoms with Crippen LogP contribution < -0.4 is 10.1 Å². The monoisotopic (exact) mass is 463 g/mol. The first kappa shape index (κ1) is 22.0. The molecule has 5 rings (SSSR count). The first-order valence-corrected chi connectivity index (χ1v) is 12.6. The maximum Gasteiger partial charge on any atom is 0.337 e. The zero-order chi connectivity index (χ0) is 22.9. The van der Waals surface area contributed by atoms with Gasteiger partial charge in [-0.25, -0.2) is 4.79 Å². The van der Waals surface area contributed by atoms with Crippen LogP contribution in [0.3, 0.4) is 0 Å². The highest BCUT2D eigenvalue weighted by atomic mass is 32.1. The summed E-state index contributed by atoms with van der Waals surface area (Å²) in [6.45, 7) is 1.92. The molecule has 1 saturated carbocycles. The van der Waals surface area contributed by atoms with Crippen LogP contribution in [0.25, 0.3) is 0 Å². The van der Waals surface area contributed by atoms with E-state index in [-0.39, 0.29) is 23.8 Å². The maximum atomic E-state index is 13.6. The van der Waals surface area contributed by atoms with Crippen molar-refractivity contribution in [3.8, 4) is 5.75 Å². The summed E-state index contributed by atoms with van der Waals surface area (Å²) in [6.07, 6.45) is 5.16. The third-order valence-corrected chi connectivity index (χ3v) is 8.03. The molecule has 2 heterocycles. The first-order valence-electron chi connectivity index (χ1n) is 11.7. The number of hydrogen-bond acceptors (Lipinski definition) is 6. The lowest BCUT2D eigenvalue weighted by molar-refractivity contribution is -0.144. The summed E-state index contributed by atoms with van der Waals surface area (Å²) < 4.78 is 11.4. The van der Waals surface area contributed by atoms with Gasteiger partial charge in [0.15, 0.2) is 5.78 Å². The molecule has 2 atom stereocenters. The van der Waals surface area contributed by atoms with Gasteiger partial charge in [0, 0.05) is 40.1 Å². The second kappa shape index (κ2) is 9.18. The Hall–Kier alpha value is -2.86. The van der Waals surface area contributed by atoms with Crippen molar-refractivity contribution in [2.24, 2.45) is 0 Å². The number of allylic oxidation sites excluding steroid dienone is 3. The molecule has 1 fully saturated rings. The Morgan fingerprint density at radius 2 is 1.94 bits per heavy atom. The number of ketones is 1. The van der Waals surface area contributed by atoms with Gasteiger partial charge in [0.2, 0.25) is 0 Å². The molecule has 1 aromatic heterocycles. The number of ether oxygens (including phenoxy) is 2. The number of rotatable bonds is 5. The van der Waals surface area contributed by atoms with Crippen molar-refractivity contribution in [1.82, 2.24) is 5.32 Å². The molecule has 1 N–H and O–H groups in total. The quantitative estimate of drug-likeness (QED) is 0.585. The van der Waals surface area contributed by atoms with Crippen molar-refractivity contribution in [2.45, 2.75) is 63.4 Å². The highest BCUT2D eigenvalue weighted by Gasteiger charge is 2.42. The topological polar surface area (TPSA) is 64.6 Å². The van der Waals surface area contributed by atoms with Crippen molar-refractivity contribution in [3.63, 3.8) is 0 Å². The largest absolute Gasteiger partial charge is 0.497 e. The first-order chi connectivity index (χ1) is 16.0. The van der Waals surface area contributed by atoms with Crippen LogP contribution in [-0.4, -0.2) is 25.0 Å². The Labute approximate surface area is 198 Å². The SMILES string of the molecule is COc1cccc([C@@H]2C(C(=O)OC3CCCC3)=C(C)NC3=C2C(=O)C[C@H](c2cccs2)C3)c1. The molecule has 33 heavy (non-hydrogen) atoms. The fraction of sp³-hybridized carbons (Fsp3) is 0.407. The normalized spacial score (nSPS) is 23.4. The molecule has 0 bridgehead atoms. The van der Waals surface area contributed by atoms with E-state index in [1.807, 2.05) is 37.3 Å². The zero-order valence-electron chi connectivity index (χ0n) is 19.1. The second-order valence-corrected chi connectivity index (χ2v) is 10.1. The Morgan fingerprint density at radius 1 is 1.12 bits per heavy atom. The Kier molecular flexibility index (Phi) is 6.11. The minimum Gasteiger partial charge on any atom is -0.497 e. The Morgan fingerprint density at radius 3 is 2.67 bits per heavy atom. The Bertz CT molecular complexity index is 1120. The van der Waals surface area contributed by atoms with E-state index >= 15 is 0 Å². The molecular weight excluding hydrogens is 434 g/mol. The van der Waals surface area contributed by atoms with Crippen molar-refractivity contribution >= 4 is 23.1 Å². The minimum atomic E-state index is -0.456. The van der Waals surface area contributed by atoms with E-state index in [0.717, 1.165) is 49.1 Å². The number of nitrogens with one attached hydrogen (secondary N) is 1. The maximum absolute atomic E-state index is 13.6. The van der Waals surface area contributed by atoms with Gasteiger partial charge in [-0.15, -0.1) is 11.3 Å². The van der Waals surface area contributed by atoms with Gasteiger partial charge in [-0.1, -0.05) is 18.2 Å². The number of carbonyl (C=O) groups excluding carboxylic acids is 2. The number of benzene rings is 1. The summed E-state index contributed by atoms with van der Waals surface area (Å²) in [6, 6.07) is 11.8. The van der Waals surface area contributed by atoms with E-state index in [1.165, 1.54) is 4.88 Å². The number of dihydropyridines is 1.